The van der Waals surface area contributed by atoms with Crippen LogP contribution in [0.3, 0.4) is 0 Å². The molecule has 7 nitrogen and oxygen atoms in total. The first-order valence-corrected chi connectivity index (χ1v) is 13.0. The van der Waals surface area contributed by atoms with Crippen LogP contribution in [0, 0.1) is 34.7 Å². The van der Waals surface area contributed by atoms with Crippen LogP contribution < -0.4 is 5.32 Å². The Labute approximate surface area is 231 Å². The number of fused-ring (bicyclic) bond motifs is 1. The van der Waals surface area contributed by atoms with Gasteiger partial charge < -0.3 is 15.0 Å². The Morgan fingerprint density at radius 2 is 1.73 bits per heavy atom. The highest BCUT2D eigenvalue weighted by Gasteiger charge is 2.35. The van der Waals surface area contributed by atoms with E-state index in [9.17, 15) is 33.1 Å². The van der Waals surface area contributed by atoms with Crippen molar-refractivity contribution in [1.29, 1.82) is 5.26 Å². The number of hydrogen-bond donors (Lipinski definition) is 2. The number of imidazole rings is 1. The number of amides is 1. The zero-order chi connectivity index (χ0) is 28.6. The van der Waals surface area contributed by atoms with Gasteiger partial charge in [0.2, 0.25) is 5.91 Å². The van der Waals surface area contributed by atoms with Gasteiger partial charge in [-0.2, -0.15) is 5.26 Å². The number of carboxylic acids is 1. The standard InChI is InChI=1S/C29H22ClF3N4O3/c30-17-8-6-16(7-9-17)27-35-23-12-20(31)21(32)13-24(23)37(27)26(15-4-2-1-3-5-15)28(38)36-22-11-10-18(29(39)40)25(33)19(22)14-34/h6-13,15,26H,1-5H2,(H,36,38)(H,39,40)/t26-/m0/s1. The molecule has 1 saturated carbocycles. The second kappa shape index (κ2) is 11.0. The molecule has 0 spiro atoms. The number of rotatable bonds is 6. The van der Waals surface area contributed by atoms with Crippen molar-refractivity contribution in [2.24, 2.45) is 5.92 Å². The number of nitriles is 1. The summed E-state index contributed by atoms with van der Waals surface area (Å²) in [5.74, 6) is -5.64. The summed E-state index contributed by atoms with van der Waals surface area (Å²) < 4.78 is 45.1. The van der Waals surface area contributed by atoms with Crippen molar-refractivity contribution < 1.29 is 27.9 Å². The number of anilines is 1. The first-order chi connectivity index (χ1) is 19.2. The van der Waals surface area contributed by atoms with Crippen molar-refractivity contribution >= 4 is 40.2 Å². The van der Waals surface area contributed by atoms with Gasteiger partial charge >= 0.3 is 5.97 Å². The van der Waals surface area contributed by atoms with Gasteiger partial charge in [0.05, 0.1) is 22.3 Å². The summed E-state index contributed by atoms with van der Waals surface area (Å²) in [6.07, 6.45) is 3.95. The van der Waals surface area contributed by atoms with Crippen LogP contribution >= 0.6 is 11.6 Å². The van der Waals surface area contributed by atoms with Crippen molar-refractivity contribution in [1.82, 2.24) is 9.55 Å². The van der Waals surface area contributed by atoms with Crippen LogP contribution in [0.5, 0.6) is 0 Å². The molecule has 1 atom stereocenters. The third-order valence-corrected chi connectivity index (χ3v) is 7.47. The molecule has 5 rings (SSSR count). The quantitative estimate of drug-likeness (QED) is 0.259. The molecule has 3 aromatic carbocycles. The van der Waals surface area contributed by atoms with Gasteiger partial charge in [0.15, 0.2) is 17.5 Å². The molecule has 1 amide bonds. The molecule has 0 saturated heterocycles. The maximum Gasteiger partial charge on any atom is 0.338 e. The molecule has 1 fully saturated rings. The topological polar surface area (TPSA) is 108 Å². The Bertz CT molecular complexity index is 1680. The van der Waals surface area contributed by atoms with Crippen molar-refractivity contribution in [2.75, 3.05) is 5.32 Å². The largest absolute Gasteiger partial charge is 0.478 e. The van der Waals surface area contributed by atoms with Gasteiger partial charge in [-0.15, -0.1) is 0 Å². The molecule has 1 aliphatic rings. The lowest BCUT2D eigenvalue weighted by atomic mass is 9.83. The maximum atomic E-state index is 14.8. The number of carbonyl (C=O) groups is 2. The van der Waals surface area contributed by atoms with Crippen LogP contribution in [0.1, 0.15) is 54.1 Å². The van der Waals surface area contributed by atoms with Gasteiger partial charge in [-0.25, -0.2) is 22.9 Å². The van der Waals surface area contributed by atoms with E-state index in [4.69, 9.17) is 11.6 Å². The number of hydrogen-bond acceptors (Lipinski definition) is 4. The Kier molecular flexibility index (Phi) is 7.50. The minimum atomic E-state index is -1.56. The van der Waals surface area contributed by atoms with Gasteiger partial charge in [0.1, 0.15) is 23.5 Å². The predicted molar refractivity (Wildman–Crippen MR) is 142 cm³/mol. The zero-order valence-electron chi connectivity index (χ0n) is 20.9. The summed E-state index contributed by atoms with van der Waals surface area (Å²) in [5, 5.41) is 21.9. The number of benzene rings is 3. The third kappa shape index (κ3) is 5.00. The van der Waals surface area contributed by atoms with Crippen LogP contribution in [0.2, 0.25) is 5.02 Å². The number of nitrogens with zero attached hydrogens (tertiary/aromatic N) is 3. The molecule has 1 aromatic heterocycles. The summed E-state index contributed by atoms with van der Waals surface area (Å²) in [7, 11) is 0. The highest BCUT2D eigenvalue weighted by atomic mass is 35.5. The summed E-state index contributed by atoms with van der Waals surface area (Å²) in [5.41, 5.74) is -0.678. The molecular formula is C29H22ClF3N4O3. The normalized spacial score (nSPS) is 14.6. The predicted octanol–water partition coefficient (Wildman–Crippen LogP) is 7.10. The molecule has 4 aromatic rings. The summed E-state index contributed by atoms with van der Waals surface area (Å²) in [4.78, 5) is 29.9. The van der Waals surface area contributed by atoms with Crippen LogP contribution in [0.25, 0.3) is 22.4 Å². The first-order valence-electron chi connectivity index (χ1n) is 12.6. The molecule has 204 valence electrons. The average molecular weight is 567 g/mol. The molecule has 0 bridgehead atoms. The zero-order valence-corrected chi connectivity index (χ0v) is 21.7. The highest BCUT2D eigenvalue weighted by molar-refractivity contribution is 6.30. The number of carbonyl (C=O) groups excluding carboxylic acids is 1. The molecular weight excluding hydrogens is 545 g/mol. The second-order valence-corrected chi connectivity index (χ2v) is 10.1. The minimum Gasteiger partial charge on any atom is -0.478 e. The molecule has 1 aliphatic carbocycles. The number of halogens is 4. The lowest BCUT2D eigenvalue weighted by molar-refractivity contribution is -0.121. The van der Waals surface area contributed by atoms with Gasteiger partial charge in [-0.3, -0.25) is 4.79 Å². The Balaban J connectivity index is 1.69. The molecule has 0 radical (unpaired) electrons. The Morgan fingerprint density at radius 1 is 1.05 bits per heavy atom. The highest BCUT2D eigenvalue weighted by Crippen LogP contribution is 2.39. The van der Waals surface area contributed by atoms with Crippen LogP contribution in [-0.2, 0) is 4.79 Å². The van der Waals surface area contributed by atoms with E-state index in [-0.39, 0.29) is 28.5 Å². The fourth-order valence-electron chi connectivity index (χ4n) is 5.33. The minimum absolute atomic E-state index is 0.132. The lowest BCUT2D eigenvalue weighted by Gasteiger charge is -2.32. The number of aromatic carboxylic acids is 1. The van der Waals surface area contributed by atoms with Crippen molar-refractivity contribution in [2.45, 2.75) is 38.1 Å². The second-order valence-electron chi connectivity index (χ2n) is 9.67. The summed E-state index contributed by atoms with van der Waals surface area (Å²) in [6.45, 7) is 0. The SMILES string of the molecule is N#Cc1c(NC(=O)[C@H](C2CCCCC2)n2c(-c3ccc(Cl)cc3)nc3cc(F)c(F)cc32)ccc(C(=O)O)c1F. The van der Waals surface area contributed by atoms with Crippen molar-refractivity contribution in [3.05, 3.63) is 82.1 Å². The van der Waals surface area contributed by atoms with Gasteiger partial charge in [-0.05, 0) is 55.2 Å². The summed E-state index contributed by atoms with van der Waals surface area (Å²) >= 11 is 6.07. The third-order valence-electron chi connectivity index (χ3n) is 7.22. The molecule has 2 N–H and O–H groups in total. The van der Waals surface area contributed by atoms with E-state index < -0.39 is 46.5 Å². The van der Waals surface area contributed by atoms with E-state index in [0.717, 1.165) is 43.5 Å². The van der Waals surface area contributed by atoms with E-state index in [1.165, 1.54) is 0 Å². The molecule has 0 unspecified atom stereocenters. The molecule has 0 aliphatic heterocycles. The van der Waals surface area contributed by atoms with E-state index in [1.807, 2.05) is 0 Å². The number of carboxylic acid groups (broad SMARTS) is 1. The van der Waals surface area contributed by atoms with Crippen LogP contribution in [-0.4, -0.2) is 26.5 Å². The van der Waals surface area contributed by atoms with E-state index in [2.05, 4.69) is 10.3 Å². The van der Waals surface area contributed by atoms with Crippen molar-refractivity contribution in [3.8, 4) is 17.5 Å². The van der Waals surface area contributed by atoms with Gasteiger partial charge in [0.25, 0.3) is 0 Å². The Morgan fingerprint density at radius 3 is 2.38 bits per heavy atom. The van der Waals surface area contributed by atoms with Gasteiger partial charge in [-0.1, -0.05) is 30.9 Å². The fraction of sp³-hybridized carbons (Fsp3) is 0.241. The average Bonchev–Trinajstić information content (AvgIpc) is 3.27. The van der Waals surface area contributed by atoms with E-state index in [0.29, 0.717) is 23.4 Å². The number of aromatic nitrogens is 2. The van der Waals surface area contributed by atoms with Crippen LogP contribution in [0.4, 0.5) is 18.9 Å². The monoisotopic (exact) mass is 566 g/mol. The maximum absolute atomic E-state index is 14.8. The van der Waals surface area contributed by atoms with Gasteiger partial charge in [0, 0.05) is 22.7 Å². The first kappa shape index (κ1) is 27.2. The molecule has 40 heavy (non-hydrogen) atoms. The summed E-state index contributed by atoms with van der Waals surface area (Å²) in [6, 6.07) is 11.3. The van der Waals surface area contributed by atoms with E-state index in [1.54, 1.807) is 34.9 Å². The van der Waals surface area contributed by atoms with Crippen LogP contribution in [0.15, 0.2) is 48.5 Å². The fourth-order valence-corrected chi connectivity index (χ4v) is 5.45. The molecule has 1 heterocycles. The lowest BCUT2D eigenvalue weighted by Crippen LogP contribution is -2.34. The number of nitrogens with one attached hydrogen (secondary N) is 1. The molecule has 11 heteroatoms. The Hall–Kier alpha value is -4.36. The smallest absolute Gasteiger partial charge is 0.338 e. The van der Waals surface area contributed by atoms with E-state index >= 15 is 0 Å². The van der Waals surface area contributed by atoms with Crippen molar-refractivity contribution in [3.63, 3.8) is 0 Å².